The number of aliphatic imine (C=N–C) groups is 1. The van der Waals surface area contributed by atoms with Gasteiger partial charge in [0.2, 0.25) is 5.89 Å². The maximum absolute atomic E-state index is 11.0. The molecule has 0 bridgehead atoms. The maximum atomic E-state index is 11.0. The Kier molecular flexibility index (Phi) is 5.31. The number of oxazole rings is 1. The molecule has 0 aliphatic carbocycles. The number of nitrogens with zero attached hydrogens (tertiary/aromatic N) is 3. The molecular formula is C22H14BrN3O3. The lowest BCUT2D eigenvalue weighted by Crippen LogP contribution is -1.90. The second-order valence-corrected chi connectivity index (χ2v) is 6.96. The fourth-order valence-electron chi connectivity index (χ4n) is 2.82. The van der Waals surface area contributed by atoms with Crippen molar-refractivity contribution < 1.29 is 9.34 Å². The van der Waals surface area contributed by atoms with Crippen molar-refractivity contribution in [2.45, 2.75) is 0 Å². The zero-order chi connectivity index (χ0) is 20.2. The lowest BCUT2D eigenvalue weighted by atomic mass is 10.1. The van der Waals surface area contributed by atoms with Crippen LogP contribution >= 0.6 is 15.9 Å². The summed E-state index contributed by atoms with van der Waals surface area (Å²) >= 11 is 3.51. The Morgan fingerprint density at radius 2 is 1.86 bits per heavy atom. The van der Waals surface area contributed by atoms with Gasteiger partial charge < -0.3 is 4.42 Å². The van der Waals surface area contributed by atoms with Gasteiger partial charge in [0.15, 0.2) is 5.58 Å². The first kappa shape index (κ1) is 18.8. The van der Waals surface area contributed by atoms with Crippen LogP contribution in [-0.2, 0) is 0 Å². The lowest BCUT2D eigenvalue weighted by Gasteiger charge is -1.97. The number of benzene rings is 3. The van der Waals surface area contributed by atoms with E-state index in [4.69, 9.17) is 4.42 Å². The SMILES string of the molecule is O=[N+]([O-])c1ccccc1C=CC=Nc1ccc2oc(-c3ccccc3Br)nc2c1. The van der Waals surface area contributed by atoms with Crippen molar-refractivity contribution in [3.8, 4) is 11.5 Å². The van der Waals surface area contributed by atoms with Gasteiger partial charge in [0.25, 0.3) is 5.69 Å². The number of hydrogen-bond acceptors (Lipinski definition) is 5. The second-order valence-electron chi connectivity index (χ2n) is 6.10. The number of nitro groups is 1. The molecule has 0 unspecified atom stereocenters. The summed E-state index contributed by atoms with van der Waals surface area (Å²) in [7, 11) is 0. The number of para-hydroxylation sites is 1. The third-order valence-corrected chi connectivity index (χ3v) is 4.89. The Hall–Kier alpha value is -3.58. The van der Waals surface area contributed by atoms with Crippen LogP contribution in [0.15, 0.2) is 86.7 Å². The molecule has 0 atom stereocenters. The number of nitro benzene ring substituents is 1. The molecule has 1 aromatic heterocycles. The summed E-state index contributed by atoms with van der Waals surface area (Å²) in [6.07, 6.45) is 4.91. The Morgan fingerprint density at radius 3 is 2.69 bits per heavy atom. The van der Waals surface area contributed by atoms with E-state index in [1.165, 1.54) is 6.07 Å². The summed E-state index contributed by atoms with van der Waals surface area (Å²) in [4.78, 5) is 19.6. The highest BCUT2D eigenvalue weighted by Crippen LogP contribution is 2.31. The number of halogens is 1. The number of hydrogen-bond donors (Lipinski definition) is 0. The first-order chi connectivity index (χ1) is 14.1. The highest BCUT2D eigenvalue weighted by molar-refractivity contribution is 9.10. The van der Waals surface area contributed by atoms with Gasteiger partial charge in [-0.15, -0.1) is 0 Å². The van der Waals surface area contributed by atoms with Gasteiger partial charge in [-0.3, -0.25) is 15.1 Å². The topological polar surface area (TPSA) is 81.5 Å². The smallest absolute Gasteiger partial charge is 0.276 e. The molecule has 7 heteroatoms. The van der Waals surface area contributed by atoms with Crippen molar-refractivity contribution in [3.63, 3.8) is 0 Å². The van der Waals surface area contributed by atoms with Crippen molar-refractivity contribution in [2.75, 3.05) is 0 Å². The average Bonchev–Trinajstić information content (AvgIpc) is 3.15. The molecule has 0 amide bonds. The van der Waals surface area contributed by atoms with Crippen LogP contribution in [0.2, 0.25) is 0 Å². The van der Waals surface area contributed by atoms with Gasteiger partial charge >= 0.3 is 0 Å². The monoisotopic (exact) mass is 447 g/mol. The van der Waals surface area contributed by atoms with Crippen LogP contribution in [0.4, 0.5) is 11.4 Å². The molecule has 0 fully saturated rings. The highest BCUT2D eigenvalue weighted by Gasteiger charge is 2.11. The summed E-state index contributed by atoms with van der Waals surface area (Å²) in [5.74, 6) is 0.532. The molecule has 0 spiro atoms. The van der Waals surface area contributed by atoms with E-state index in [-0.39, 0.29) is 5.69 Å². The van der Waals surface area contributed by atoms with Crippen molar-refractivity contribution in [2.24, 2.45) is 4.99 Å². The maximum Gasteiger partial charge on any atom is 0.276 e. The number of aromatic nitrogens is 1. The molecule has 0 aliphatic heterocycles. The van der Waals surface area contributed by atoms with Crippen LogP contribution in [-0.4, -0.2) is 16.1 Å². The summed E-state index contributed by atoms with van der Waals surface area (Å²) in [5.41, 5.74) is 3.53. The lowest BCUT2D eigenvalue weighted by molar-refractivity contribution is -0.385. The molecular weight excluding hydrogens is 434 g/mol. The molecule has 3 aromatic carbocycles. The molecule has 142 valence electrons. The molecule has 0 N–H and O–H groups in total. The minimum Gasteiger partial charge on any atom is -0.436 e. The summed E-state index contributed by atoms with van der Waals surface area (Å²) in [5, 5.41) is 11.0. The summed E-state index contributed by atoms with van der Waals surface area (Å²) in [6.45, 7) is 0. The Balaban J connectivity index is 1.56. The van der Waals surface area contributed by atoms with E-state index in [0.29, 0.717) is 28.2 Å². The minimum atomic E-state index is -0.405. The third kappa shape index (κ3) is 4.14. The van der Waals surface area contributed by atoms with Crippen LogP contribution < -0.4 is 0 Å². The van der Waals surface area contributed by atoms with Gasteiger partial charge in [0.1, 0.15) is 5.52 Å². The third-order valence-electron chi connectivity index (χ3n) is 4.19. The molecule has 0 saturated carbocycles. The molecule has 0 aliphatic rings. The predicted octanol–water partition coefficient (Wildman–Crippen LogP) is 6.58. The van der Waals surface area contributed by atoms with Gasteiger partial charge in [-0.1, -0.05) is 24.3 Å². The number of allylic oxidation sites excluding steroid dienone is 1. The molecule has 4 rings (SSSR count). The van der Waals surface area contributed by atoms with Gasteiger partial charge in [-0.2, -0.15) is 0 Å². The van der Waals surface area contributed by atoms with Crippen LogP contribution in [0, 0.1) is 10.1 Å². The van der Waals surface area contributed by atoms with Crippen molar-refractivity contribution in [1.82, 2.24) is 4.98 Å². The molecule has 0 saturated heterocycles. The van der Waals surface area contributed by atoms with Gasteiger partial charge in [0, 0.05) is 16.8 Å². The van der Waals surface area contributed by atoms with E-state index in [0.717, 1.165) is 10.0 Å². The standard InChI is InChI=1S/C22H14BrN3O3/c23-18-9-3-2-8-17(18)22-25-19-14-16(11-12-21(19)29-22)24-13-5-7-15-6-1-4-10-20(15)26(27)28/h1-14H. The highest BCUT2D eigenvalue weighted by atomic mass is 79.9. The van der Waals surface area contributed by atoms with Gasteiger partial charge in [0.05, 0.1) is 21.7 Å². The average molecular weight is 448 g/mol. The Morgan fingerprint density at radius 1 is 1.07 bits per heavy atom. The molecule has 29 heavy (non-hydrogen) atoms. The fraction of sp³-hybridized carbons (Fsp3) is 0. The van der Waals surface area contributed by atoms with Gasteiger partial charge in [-0.25, -0.2) is 4.98 Å². The van der Waals surface area contributed by atoms with Crippen molar-refractivity contribution in [3.05, 3.63) is 93.0 Å². The van der Waals surface area contributed by atoms with Crippen LogP contribution in [0.1, 0.15) is 5.56 Å². The van der Waals surface area contributed by atoms with Crippen molar-refractivity contribution in [1.29, 1.82) is 0 Å². The Labute approximate surface area is 174 Å². The molecule has 6 nitrogen and oxygen atoms in total. The van der Waals surface area contributed by atoms with Gasteiger partial charge in [-0.05, 0) is 64.5 Å². The largest absolute Gasteiger partial charge is 0.436 e. The van der Waals surface area contributed by atoms with E-state index in [1.807, 2.05) is 42.5 Å². The second kappa shape index (κ2) is 8.20. The van der Waals surface area contributed by atoms with Crippen molar-refractivity contribution >= 4 is 50.7 Å². The van der Waals surface area contributed by atoms with Crippen LogP contribution in [0.25, 0.3) is 28.6 Å². The summed E-state index contributed by atoms with van der Waals surface area (Å²) in [6, 6.07) is 19.7. The zero-order valence-electron chi connectivity index (χ0n) is 15.0. The van der Waals surface area contributed by atoms with Crippen LogP contribution in [0.5, 0.6) is 0 Å². The van der Waals surface area contributed by atoms with E-state index in [9.17, 15) is 10.1 Å². The van der Waals surface area contributed by atoms with Crippen LogP contribution in [0.3, 0.4) is 0 Å². The molecule has 1 heterocycles. The molecule has 4 aromatic rings. The fourth-order valence-corrected chi connectivity index (χ4v) is 3.27. The van der Waals surface area contributed by atoms with E-state index < -0.39 is 4.92 Å². The minimum absolute atomic E-state index is 0.0563. The van der Waals surface area contributed by atoms with E-state index in [1.54, 1.807) is 36.6 Å². The number of rotatable bonds is 5. The summed E-state index contributed by atoms with van der Waals surface area (Å²) < 4.78 is 6.75. The molecule has 0 radical (unpaired) electrons. The van der Waals surface area contributed by atoms with E-state index in [2.05, 4.69) is 25.9 Å². The normalized spacial score (nSPS) is 11.6. The number of fused-ring (bicyclic) bond motifs is 1. The first-order valence-corrected chi connectivity index (χ1v) is 9.51. The first-order valence-electron chi connectivity index (χ1n) is 8.71. The zero-order valence-corrected chi connectivity index (χ0v) is 16.6. The quantitative estimate of drug-likeness (QED) is 0.196. The van der Waals surface area contributed by atoms with E-state index >= 15 is 0 Å². The predicted molar refractivity (Wildman–Crippen MR) is 117 cm³/mol. The Bertz CT molecular complexity index is 1260.